The van der Waals surface area contributed by atoms with Crippen LogP contribution in [0, 0.1) is 0 Å². The fourth-order valence-corrected chi connectivity index (χ4v) is 2.78. The average molecular weight is 335 g/mol. The quantitative estimate of drug-likeness (QED) is 0.517. The average Bonchev–Trinajstić information content (AvgIpc) is 2.61. The topological polar surface area (TPSA) is 82.6 Å². The Labute approximate surface area is 144 Å². The number of ether oxygens (including phenoxy) is 1. The van der Waals surface area contributed by atoms with Gasteiger partial charge in [-0.25, -0.2) is 4.79 Å². The summed E-state index contributed by atoms with van der Waals surface area (Å²) in [6.07, 6.45) is 5.27. The van der Waals surface area contributed by atoms with Crippen molar-refractivity contribution in [3.8, 4) is 5.75 Å². The van der Waals surface area contributed by atoms with Crippen molar-refractivity contribution in [2.24, 2.45) is 0 Å². The van der Waals surface area contributed by atoms with Gasteiger partial charge < -0.3 is 25.8 Å². The van der Waals surface area contributed by atoms with E-state index in [1.807, 2.05) is 30.3 Å². The van der Waals surface area contributed by atoms with Crippen LogP contribution in [0.4, 0.5) is 4.79 Å². The second kappa shape index (κ2) is 10.9. The molecule has 0 spiro atoms. The maximum atomic E-state index is 11.7. The van der Waals surface area contributed by atoms with E-state index in [2.05, 4.69) is 16.0 Å². The van der Waals surface area contributed by atoms with Crippen molar-refractivity contribution in [3.05, 3.63) is 30.3 Å². The molecule has 6 heteroatoms. The standard InChI is InChI=1S/C18H29N3O3/c22-16(14-24-17-9-5-2-6-10-17)13-19-11-12-20-18(23)21-15-7-3-1-4-8-15/h2,5-6,9-10,15-16,19,22H,1,3-4,7-8,11-14H2,(H2,20,21,23)/t16-/m0/s1. The lowest BCUT2D eigenvalue weighted by Crippen LogP contribution is -2.45. The first-order chi connectivity index (χ1) is 11.7. The van der Waals surface area contributed by atoms with Crippen LogP contribution in [0.2, 0.25) is 0 Å². The predicted octanol–water partition coefficient (Wildman–Crippen LogP) is 1.65. The van der Waals surface area contributed by atoms with Crippen LogP contribution in [0.1, 0.15) is 32.1 Å². The lowest BCUT2D eigenvalue weighted by atomic mass is 9.96. The van der Waals surface area contributed by atoms with Crippen LogP contribution in [-0.4, -0.2) is 49.5 Å². The van der Waals surface area contributed by atoms with Crippen LogP contribution in [0.3, 0.4) is 0 Å². The fraction of sp³-hybridized carbons (Fsp3) is 0.611. The van der Waals surface area contributed by atoms with Crippen molar-refractivity contribution < 1.29 is 14.6 Å². The first kappa shape index (κ1) is 18.5. The molecule has 0 unspecified atom stereocenters. The van der Waals surface area contributed by atoms with E-state index in [1.54, 1.807) is 0 Å². The Morgan fingerprint density at radius 2 is 1.92 bits per heavy atom. The Kier molecular flexibility index (Phi) is 8.41. The third-order valence-electron chi connectivity index (χ3n) is 4.09. The van der Waals surface area contributed by atoms with E-state index in [9.17, 15) is 9.90 Å². The minimum Gasteiger partial charge on any atom is -0.491 e. The van der Waals surface area contributed by atoms with E-state index in [-0.39, 0.29) is 12.6 Å². The van der Waals surface area contributed by atoms with E-state index in [0.717, 1.165) is 18.6 Å². The summed E-state index contributed by atoms with van der Waals surface area (Å²) in [6, 6.07) is 9.64. The number of amides is 2. The number of para-hydroxylation sites is 1. The van der Waals surface area contributed by atoms with Gasteiger partial charge in [0, 0.05) is 25.7 Å². The molecule has 24 heavy (non-hydrogen) atoms. The summed E-state index contributed by atoms with van der Waals surface area (Å²) in [7, 11) is 0. The highest BCUT2D eigenvalue weighted by Crippen LogP contribution is 2.17. The number of hydrogen-bond donors (Lipinski definition) is 4. The van der Waals surface area contributed by atoms with Gasteiger partial charge in [-0.15, -0.1) is 0 Å². The molecule has 0 radical (unpaired) electrons. The van der Waals surface area contributed by atoms with Crippen molar-refractivity contribution in [3.63, 3.8) is 0 Å². The number of carbonyl (C=O) groups excluding carboxylic acids is 1. The minimum absolute atomic E-state index is 0.100. The molecule has 0 aromatic heterocycles. The smallest absolute Gasteiger partial charge is 0.315 e. The summed E-state index contributed by atoms with van der Waals surface area (Å²) in [4.78, 5) is 11.7. The molecule has 6 nitrogen and oxygen atoms in total. The molecule has 1 aliphatic rings. The van der Waals surface area contributed by atoms with Crippen LogP contribution in [0.25, 0.3) is 0 Å². The number of aliphatic hydroxyl groups is 1. The van der Waals surface area contributed by atoms with Crippen molar-refractivity contribution >= 4 is 6.03 Å². The van der Waals surface area contributed by atoms with Crippen LogP contribution in [0.5, 0.6) is 5.75 Å². The summed E-state index contributed by atoms with van der Waals surface area (Å²) in [6.45, 7) is 1.82. The largest absolute Gasteiger partial charge is 0.491 e. The maximum Gasteiger partial charge on any atom is 0.315 e. The van der Waals surface area contributed by atoms with Crippen molar-refractivity contribution in [1.82, 2.24) is 16.0 Å². The van der Waals surface area contributed by atoms with Crippen LogP contribution >= 0.6 is 0 Å². The van der Waals surface area contributed by atoms with E-state index < -0.39 is 6.10 Å². The Morgan fingerprint density at radius 3 is 2.67 bits per heavy atom. The molecule has 0 aliphatic heterocycles. The molecule has 2 amide bonds. The second-order valence-corrected chi connectivity index (χ2v) is 6.22. The lowest BCUT2D eigenvalue weighted by Gasteiger charge is -2.22. The highest BCUT2D eigenvalue weighted by molar-refractivity contribution is 5.74. The number of hydrogen-bond acceptors (Lipinski definition) is 4. The van der Waals surface area contributed by atoms with E-state index >= 15 is 0 Å². The minimum atomic E-state index is -0.582. The van der Waals surface area contributed by atoms with Gasteiger partial charge in [-0.2, -0.15) is 0 Å². The van der Waals surface area contributed by atoms with Gasteiger partial charge in [0.2, 0.25) is 0 Å². The molecule has 4 N–H and O–H groups in total. The van der Waals surface area contributed by atoms with Crippen LogP contribution in [0.15, 0.2) is 30.3 Å². The summed E-state index contributed by atoms with van der Waals surface area (Å²) in [5, 5.41) is 18.8. The lowest BCUT2D eigenvalue weighted by molar-refractivity contribution is 0.106. The zero-order valence-electron chi connectivity index (χ0n) is 14.2. The van der Waals surface area contributed by atoms with Gasteiger partial charge in [0.15, 0.2) is 0 Å². The predicted molar refractivity (Wildman–Crippen MR) is 94.2 cm³/mol. The number of rotatable bonds is 9. The van der Waals surface area contributed by atoms with E-state index in [1.165, 1.54) is 19.3 Å². The zero-order chi connectivity index (χ0) is 17.0. The van der Waals surface area contributed by atoms with Crippen LogP contribution in [-0.2, 0) is 0 Å². The van der Waals surface area contributed by atoms with Gasteiger partial charge in [-0.3, -0.25) is 0 Å². The first-order valence-electron chi connectivity index (χ1n) is 8.85. The molecule has 1 saturated carbocycles. The van der Waals surface area contributed by atoms with Crippen molar-refractivity contribution in [2.75, 3.05) is 26.2 Å². The number of carbonyl (C=O) groups is 1. The molecular formula is C18H29N3O3. The van der Waals surface area contributed by atoms with Gasteiger partial charge in [0.25, 0.3) is 0 Å². The zero-order valence-corrected chi connectivity index (χ0v) is 14.2. The normalized spacial score (nSPS) is 16.4. The third kappa shape index (κ3) is 7.66. The van der Waals surface area contributed by atoms with Crippen LogP contribution < -0.4 is 20.7 Å². The Morgan fingerprint density at radius 1 is 1.17 bits per heavy atom. The number of nitrogens with one attached hydrogen (secondary N) is 3. The molecule has 134 valence electrons. The monoisotopic (exact) mass is 335 g/mol. The maximum absolute atomic E-state index is 11.7. The number of benzene rings is 1. The third-order valence-corrected chi connectivity index (χ3v) is 4.09. The van der Waals surface area contributed by atoms with Gasteiger partial charge in [0.05, 0.1) is 0 Å². The van der Waals surface area contributed by atoms with Gasteiger partial charge in [-0.1, -0.05) is 37.5 Å². The summed E-state index contributed by atoms with van der Waals surface area (Å²) in [5.74, 6) is 0.748. The molecule has 1 aromatic rings. The van der Waals surface area contributed by atoms with Gasteiger partial charge in [0.1, 0.15) is 18.5 Å². The Balaban J connectivity index is 1.46. The summed E-state index contributed by atoms with van der Waals surface area (Å²) in [5.41, 5.74) is 0. The number of urea groups is 1. The molecule has 0 bridgehead atoms. The second-order valence-electron chi connectivity index (χ2n) is 6.22. The molecule has 1 aromatic carbocycles. The summed E-state index contributed by atoms with van der Waals surface area (Å²) >= 11 is 0. The van der Waals surface area contributed by atoms with Gasteiger partial charge in [-0.05, 0) is 25.0 Å². The molecule has 0 saturated heterocycles. The summed E-state index contributed by atoms with van der Waals surface area (Å²) < 4.78 is 5.48. The highest BCUT2D eigenvalue weighted by atomic mass is 16.5. The van der Waals surface area contributed by atoms with Gasteiger partial charge >= 0.3 is 6.03 Å². The number of aliphatic hydroxyl groups excluding tert-OH is 1. The fourth-order valence-electron chi connectivity index (χ4n) is 2.78. The first-order valence-corrected chi connectivity index (χ1v) is 8.85. The Hall–Kier alpha value is -1.79. The van der Waals surface area contributed by atoms with E-state index in [4.69, 9.17) is 4.74 Å². The molecule has 1 atom stereocenters. The van der Waals surface area contributed by atoms with E-state index in [0.29, 0.717) is 25.7 Å². The molecular weight excluding hydrogens is 306 g/mol. The van der Waals surface area contributed by atoms with Crippen molar-refractivity contribution in [1.29, 1.82) is 0 Å². The molecule has 2 rings (SSSR count). The Bertz CT molecular complexity index is 464. The molecule has 1 aliphatic carbocycles. The highest BCUT2D eigenvalue weighted by Gasteiger charge is 2.15. The van der Waals surface area contributed by atoms with Crippen molar-refractivity contribution in [2.45, 2.75) is 44.2 Å². The molecule has 0 heterocycles. The SMILES string of the molecule is O=C(NCCNC[C@H](O)COc1ccccc1)NC1CCCCC1. The molecule has 1 fully saturated rings.